The minimum Gasteiger partial charge on any atom is -0.454 e. The van der Waals surface area contributed by atoms with E-state index in [1.807, 2.05) is 0 Å². The third kappa shape index (κ3) is 4.23. The number of rotatable bonds is 5. The standard InChI is InChI=1S/C46H30N2O/c1-4-16-31(17-5-1)47(32-18-6-2-7-19-32)42-29-15-26-38-45-35-23-11-10-22-34(35)39(30-43(45)49-46(38)42)36-25-14-28-41-44(36)37-24-12-13-27-40(37)48(41)33-20-8-3-9-21-33/h1-30H. The zero-order valence-corrected chi connectivity index (χ0v) is 26.6. The highest BCUT2D eigenvalue weighted by atomic mass is 16.3. The van der Waals surface area contributed by atoms with Gasteiger partial charge in [0, 0.05) is 38.6 Å². The molecule has 230 valence electrons. The Hall–Kier alpha value is -6.58. The molecule has 0 aliphatic rings. The van der Waals surface area contributed by atoms with Crippen molar-refractivity contribution in [1.82, 2.24) is 4.57 Å². The van der Waals surface area contributed by atoms with Crippen LogP contribution in [-0.2, 0) is 0 Å². The average molecular weight is 627 g/mol. The van der Waals surface area contributed by atoms with Gasteiger partial charge in [-0.1, -0.05) is 121 Å². The maximum Gasteiger partial charge on any atom is 0.159 e. The predicted molar refractivity (Wildman–Crippen MR) is 206 cm³/mol. The number of hydrogen-bond donors (Lipinski definition) is 0. The van der Waals surface area contributed by atoms with Crippen molar-refractivity contribution in [3.8, 4) is 16.8 Å². The Labute approximate surface area is 283 Å². The van der Waals surface area contributed by atoms with Crippen LogP contribution in [0.4, 0.5) is 17.1 Å². The minimum atomic E-state index is 0.867. The van der Waals surface area contributed by atoms with Crippen LogP contribution in [-0.4, -0.2) is 4.57 Å². The lowest BCUT2D eigenvalue weighted by Crippen LogP contribution is -2.09. The van der Waals surface area contributed by atoms with E-state index in [9.17, 15) is 0 Å². The fraction of sp³-hybridized carbons (Fsp3) is 0. The van der Waals surface area contributed by atoms with Gasteiger partial charge in [-0.25, -0.2) is 0 Å². The zero-order valence-electron chi connectivity index (χ0n) is 26.6. The Morgan fingerprint density at radius 3 is 1.71 bits per heavy atom. The van der Waals surface area contributed by atoms with Crippen LogP contribution in [0.5, 0.6) is 0 Å². The van der Waals surface area contributed by atoms with Gasteiger partial charge in [-0.2, -0.15) is 0 Å². The third-order valence-corrected chi connectivity index (χ3v) is 9.76. The molecule has 3 nitrogen and oxygen atoms in total. The minimum absolute atomic E-state index is 0.867. The van der Waals surface area contributed by atoms with Crippen molar-refractivity contribution in [2.75, 3.05) is 4.90 Å². The number of hydrogen-bond acceptors (Lipinski definition) is 2. The maximum absolute atomic E-state index is 7.01. The van der Waals surface area contributed by atoms with E-state index in [2.05, 4.69) is 191 Å². The molecule has 0 atom stereocenters. The van der Waals surface area contributed by atoms with Gasteiger partial charge < -0.3 is 13.9 Å². The SMILES string of the molecule is c1ccc(N(c2ccccc2)c2cccc3c2oc2cc(-c4cccc5c4c4ccccc4n5-c4ccccc4)c4ccccc4c23)cc1. The summed E-state index contributed by atoms with van der Waals surface area (Å²) in [6.45, 7) is 0. The largest absolute Gasteiger partial charge is 0.454 e. The number of fused-ring (bicyclic) bond motifs is 8. The molecule has 0 spiro atoms. The van der Waals surface area contributed by atoms with Crippen LogP contribution in [0.25, 0.3) is 71.3 Å². The van der Waals surface area contributed by atoms with E-state index in [1.165, 1.54) is 38.1 Å². The number of para-hydroxylation sites is 5. The van der Waals surface area contributed by atoms with E-state index in [1.54, 1.807) is 0 Å². The predicted octanol–water partition coefficient (Wildman–Crippen LogP) is 13.0. The summed E-state index contributed by atoms with van der Waals surface area (Å²) in [6.07, 6.45) is 0. The first kappa shape index (κ1) is 27.5. The van der Waals surface area contributed by atoms with E-state index in [-0.39, 0.29) is 0 Å². The van der Waals surface area contributed by atoms with Crippen molar-refractivity contribution in [3.05, 3.63) is 182 Å². The first-order valence-corrected chi connectivity index (χ1v) is 16.7. The molecular formula is C46H30N2O. The molecule has 0 fully saturated rings. The molecule has 0 saturated carbocycles. The van der Waals surface area contributed by atoms with E-state index < -0.39 is 0 Å². The van der Waals surface area contributed by atoms with Crippen molar-refractivity contribution < 1.29 is 4.42 Å². The summed E-state index contributed by atoms with van der Waals surface area (Å²) >= 11 is 0. The maximum atomic E-state index is 7.01. The quantitative estimate of drug-likeness (QED) is 0.190. The molecule has 2 aromatic heterocycles. The molecule has 0 unspecified atom stereocenters. The summed E-state index contributed by atoms with van der Waals surface area (Å²) in [5, 5.41) is 7.09. The lowest BCUT2D eigenvalue weighted by Gasteiger charge is -2.25. The van der Waals surface area contributed by atoms with Gasteiger partial charge in [0.2, 0.25) is 0 Å². The first-order chi connectivity index (χ1) is 24.3. The summed E-state index contributed by atoms with van der Waals surface area (Å²) < 4.78 is 9.38. The van der Waals surface area contributed by atoms with E-state index in [4.69, 9.17) is 4.42 Å². The second-order valence-corrected chi connectivity index (χ2v) is 12.5. The Kier molecular flexibility index (Phi) is 6.18. The van der Waals surface area contributed by atoms with E-state index in [0.717, 1.165) is 50.3 Å². The summed E-state index contributed by atoms with van der Waals surface area (Å²) in [5.74, 6) is 0. The van der Waals surface area contributed by atoms with Gasteiger partial charge in [0.05, 0.1) is 16.7 Å². The molecule has 0 bridgehead atoms. The fourth-order valence-corrected chi connectivity index (χ4v) is 7.73. The van der Waals surface area contributed by atoms with Gasteiger partial charge in [0.25, 0.3) is 0 Å². The second kappa shape index (κ2) is 11.0. The van der Waals surface area contributed by atoms with E-state index in [0.29, 0.717) is 0 Å². The molecule has 0 amide bonds. The van der Waals surface area contributed by atoms with Crippen LogP contribution in [0.1, 0.15) is 0 Å². The molecule has 3 heteroatoms. The highest BCUT2D eigenvalue weighted by molar-refractivity contribution is 6.26. The Morgan fingerprint density at radius 2 is 0.980 bits per heavy atom. The highest BCUT2D eigenvalue weighted by Crippen LogP contribution is 2.47. The van der Waals surface area contributed by atoms with Crippen molar-refractivity contribution >= 4 is 71.6 Å². The molecule has 8 aromatic carbocycles. The molecule has 0 radical (unpaired) electrons. The normalized spacial score (nSPS) is 11.7. The number of anilines is 3. The summed E-state index contributed by atoms with van der Waals surface area (Å²) in [7, 11) is 0. The number of aromatic nitrogens is 1. The molecule has 10 aromatic rings. The smallest absolute Gasteiger partial charge is 0.159 e. The molecule has 0 aliphatic carbocycles. The van der Waals surface area contributed by atoms with Gasteiger partial charge in [-0.15, -0.1) is 0 Å². The average Bonchev–Trinajstić information content (AvgIpc) is 3.72. The van der Waals surface area contributed by atoms with Gasteiger partial charge in [-0.05, 0) is 82.6 Å². The number of benzene rings is 8. The fourth-order valence-electron chi connectivity index (χ4n) is 7.73. The molecule has 0 saturated heterocycles. The molecular weight excluding hydrogens is 597 g/mol. The van der Waals surface area contributed by atoms with Crippen LogP contribution in [0.15, 0.2) is 186 Å². The number of furan rings is 1. The van der Waals surface area contributed by atoms with Crippen molar-refractivity contribution in [1.29, 1.82) is 0 Å². The molecule has 10 rings (SSSR count). The van der Waals surface area contributed by atoms with Gasteiger partial charge in [-0.3, -0.25) is 0 Å². The molecule has 0 aliphatic heterocycles. The first-order valence-electron chi connectivity index (χ1n) is 16.7. The summed E-state index contributed by atoms with van der Waals surface area (Å²) in [4.78, 5) is 2.28. The molecule has 0 N–H and O–H groups in total. The summed E-state index contributed by atoms with van der Waals surface area (Å²) in [6, 6.07) is 64.6. The Morgan fingerprint density at radius 1 is 0.408 bits per heavy atom. The lowest BCUT2D eigenvalue weighted by atomic mass is 9.92. The highest BCUT2D eigenvalue weighted by Gasteiger charge is 2.23. The van der Waals surface area contributed by atoms with Crippen LogP contribution >= 0.6 is 0 Å². The van der Waals surface area contributed by atoms with Crippen LogP contribution in [0.3, 0.4) is 0 Å². The monoisotopic (exact) mass is 626 g/mol. The van der Waals surface area contributed by atoms with Crippen molar-refractivity contribution in [2.24, 2.45) is 0 Å². The number of nitrogens with zero attached hydrogens (tertiary/aromatic N) is 2. The lowest BCUT2D eigenvalue weighted by molar-refractivity contribution is 0.669. The Bertz CT molecular complexity index is 2770. The van der Waals surface area contributed by atoms with Crippen molar-refractivity contribution in [2.45, 2.75) is 0 Å². The van der Waals surface area contributed by atoms with Crippen LogP contribution < -0.4 is 4.90 Å². The zero-order chi connectivity index (χ0) is 32.3. The van der Waals surface area contributed by atoms with Crippen LogP contribution in [0.2, 0.25) is 0 Å². The van der Waals surface area contributed by atoms with E-state index >= 15 is 0 Å². The Balaban J connectivity index is 1.28. The van der Waals surface area contributed by atoms with Gasteiger partial charge in [0.1, 0.15) is 5.58 Å². The van der Waals surface area contributed by atoms with Crippen molar-refractivity contribution in [3.63, 3.8) is 0 Å². The molecule has 2 heterocycles. The van der Waals surface area contributed by atoms with Gasteiger partial charge >= 0.3 is 0 Å². The van der Waals surface area contributed by atoms with Crippen LogP contribution in [0, 0.1) is 0 Å². The third-order valence-electron chi connectivity index (χ3n) is 9.76. The summed E-state index contributed by atoms with van der Waals surface area (Å²) in [5.41, 5.74) is 10.8. The molecule has 49 heavy (non-hydrogen) atoms. The second-order valence-electron chi connectivity index (χ2n) is 12.5. The van der Waals surface area contributed by atoms with Gasteiger partial charge in [0.15, 0.2) is 5.58 Å². The topological polar surface area (TPSA) is 21.3 Å².